The second-order valence-corrected chi connectivity index (χ2v) is 3.53. The molecule has 1 aromatic heterocycles. The van der Waals surface area contributed by atoms with E-state index in [0.29, 0.717) is 0 Å². The van der Waals surface area contributed by atoms with E-state index in [9.17, 15) is 0 Å². The third-order valence-electron chi connectivity index (χ3n) is 2.22. The summed E-state index contributed by atoms with van der Waals surface area (Å²) in [4.78, 5) is 3.16. The van der Waals surface area contributed by atoms with Crippen molar-refractivity contribution in [3.63, 3.8) is 0 Å². The second-order valence-electron chi connectivity index (χ2n) is 3.15. The lowest BCUT2D eigenvalue weighted by Gasteiger charge is -2.03. The van der Waals surface area contributed by atoms with E-state index in [-0.39, 0.29) is 0 Å². The summed E-state index contributed by atoms with van der Waals surface area (Å²) in [6, 6.07) is 0. The Morgan fingerprint density at radius 2 is 2.08 bits per heavy atom. The molecule has 0 saturated carbocycles. The highest BCUT2D eigenvalue weighted by Gasteiger charge is 2.01. The second kappa shape index (κ2) is 3.90. The van der Waals surface area contributed by atoms with Gasteiger partial charge in [0.25, 0.3) is 0 Å². The number of imidazole rings is 1. The molecule has 2 nitrogen and oxygen atoms in total. The van der Waals surface area contributed by atoms with Gasteiger partial charge in [0.15, 0.2) is 4.77 Å². The van der Waals surface area contributed by atoms with Crippen LogP contribution in [-0.2, 0) is 6.54 Å². The molecule has 0 aromatic carbocycles. The van der Waals surface area contributed by atoms with Crippen molar-refractivity contribution in [3.05, 3.63) is 16.2 Å². The molecule has 0 spiro atoms. The molecular weight excluding hydrogens is 168 g/mol. The molecule has 0 aliphatic rings. The lowest BCUT2D eigenvalue weighted by molar-refractivity contribution is 0.612. The molecule has 0 aliphatic heterocycles. The van der Waals surface area contributed by atoms with Crippen molar-refractivity contribution in [2.45, 2.75) is 40.2 Å². The monoisotopic (exact) mass is 184 g/mol. The molecule has 0 unspecified atom stereocenters. The first-order valence-electron chi connectivity index (χ1n) is 4.42. The zero-order chi connectivity index (χ0) is 9.14. The van der Waals surface area contributed by atoms with E-state index in [4.69, 9.17) is 12.2 Å². The third kappa shape index (κ3) is 1.78. The maximum atomic E-state index is 5.18. The van der Waals surface area contributed by atoms with E-state index in [1.165, 1.54) is 24.2 Å². The molecule has 12 heavy (non-hydrogen) atoms. The van der Waals surface area contributed by atoms with Crippen molar-refractivity contribution in [1.29, 1.82) is 0 Å². The van der Waals surface area contributed by atoms with Crippen LogP contribution in [0.5, 0.6) is 0 Å². The Kier molecular flexibility index (Phi) is 3.09. The van der Waals surface area contributed by atoms with Gasteiger partial charge in [0, 0.05) is 17.9 Å². The molecule has 0 saturated heterocycles. The van der Waals surface area contributed by atoms with E-state index in [2.05, 4.69) is 30.3 Å². The maximum absolute atomic E-state index is 5.18. The molecule has 1 N–H and O–H groups in total. The van der Waals surface area contributed by atoms with Crippen molar-refractivity contribution in [2.24, 2.45) is 0 Å². The molecule has 0 amide bonds. The lowest BCUT2D eigenvalue weighted by atomic mass is 10.3. The molecule has 3 heteroatoms. The maximum Gasteiger partial charge on any atom is 0.177 e. The van der Waals surface area contributed by atoms with Gasteiger partial charge in [-0.15, -0.1) is 0 Å². The molecule has 1 heterocycles. The highest BCUT2D eigenvalue weighted by atomic mass is 32.1. The van der Waals surface area contributed by atoms with Crippen LogP contribution in [0.25, 0.3) is 0 Å². The van der Waals surface area contributed by atoms with Crippen molar-refractivity contribution < 1.29 is 0 Å². The van der Waals surface area contributed by atoms with Crippen molar-refractivity contribution in [3.8, 4) is 0 Å². The highest BCUT2D eigenvalue weighted by molar-refractivity contribution is 7.71. The average Bonchev–Trinajstić information content (AvgIpc) is 2.25. The predicted octanol–water partition coefficient (Wildman–Crippen LogP) is 2.96. The van der Waals surface area contributed by atoms with Crippen LogP contribution < -0.4 is 0 Å². The van der Waals surface area contributed by atoms with E-state index in [1.807, 2.05) is 0 Å². The Hall–Kier alpha value is -0.570. The minimum absolute atomic E-state index is 0.860. The number of nitrogens with zero attached hydrogens (tertiary/aromatic N) is 1. The van der Waals surface area contributed by atoms with Crippen LogP contribution in [0.15, 0.2) is 0 Å². The van der Waals surface area contributed by atoms with Gasteiger partial charge < -0.3 is 9.55 Å². The van der Waals surface area contributed by atoms with Gasteiger partial charge in [-0.3, -0.25) is 0 Å². The zero-order valence-corrected chi connectivity index (χ0v) is 8.79. The molecule has 1 rings (SSSR count). The summed E-state index contributed by atoms with van der Waals surface area (Å²) in [7, 11) is 0. The fourth-order valence-corrected chi connectivity index (χ4v) is 1.64. The number of unbranched alkanes of at least 4 members (excludes halogenated alkanes) is 1. The number of nitrogens with one attached hydrogen (secondary N) is 1. The number of aromatic amines is 1. The Morgan fingerprint density at radius 1 is 1.42 bits per heavy atom. The summed E-state index contributed by atoms with van der Waals surface area (Å²) in [5, 5.41) is 0. The third-order valence-corrected chi connectivity index (χ3v) is 2.54. The summed E-state index contributed by atoms with van der Waals surface area (Å²) in [6.07, 6.45) is 2.41. The largest absolute Gasteiger partial charge is 0.335 e. The SMILES string of the molecule is CCCCn1c(C)c(C)[nH]c1=S. The van der Waals surface area contributed by atoms with E-state index in [0.717, 1.165) is 11.3 Å². The molecule has 0 atom stereocenters. The number of hydrogen-bond acceptors (Lipinski definition) is 1. The number of rotatable bonds is 3. The molecule has 68 valence electrons. The van der Waals surface area contributed by atoms with Gasteiger partial charge in [-0.2, -0.15) is 0 Å². The van der Waals surface area contributed by atoms with Crippen LogP contribution >= 0.6 is 12.2 Å². The quantitative estimate of drug-likeness (QED) is 0.716. The number of hydrogen-bond donors (Lipinski definition) is 1. The number of aromatic nitrogens is 2. The highest BCUT2D eigenvalue weighted by Crippen LogP contribution is 2.07. The molecule has 0 radical (unpaired) electrons. The van der Waals surface area contributed by atoms with Crippen LogP contribution in [0, 0.1) is 18.6 Å². The Bertz CT molecular complexity index is 309. The first-order valence-corrected chi connectivity index (χ1v) is 4.83. The fourth-order valence-electron chi connectivity index (χ4n) is 1.26. The Morgan fingerprint density at radius 3 is 2.50 bits per heavy atom. The van der Waals surface area contributed by atoms with Crippen molar-refractivity contribution in [2.75, 3.05) is 0 Å². The first-order chi connectivity index (χ1) is 5.66. The first kappa shape index (κ1) is 9.52. The van der Waals surface area contributed by atoms with Gasteiger partial charge in [-0.1, -0.05) is 13.3 Å². The van der Waals surface area contributed by atoms with Gasteiger partial charge in [0.2, 0.25) is 0 Å². The van der Waals surface area contributed by atoms with E-state index >= 15 is 0 Å². The van der Waals surface area contributed by atoms with Gasteiger partial charge >= 0.3 is 0 Å². The zero-order valence-electron chi connectivity index (χ0n) is 7.98. The summed E-state index contributed by atoms with van der Waals surface area (Å²) in [5.74, 6) is 0. The van der Waals surface area contributed by atoms with E-state index < -0.39 is 0 Å². The molecule has 1 aromatic rings. The normalized spacial score (nSPS) is 10.6. The molecule has 0 fully saturated rings. The summed E-state index contributed by atoms with van der Waals surface area (Å²) in [6.45, 7) is 7.41. The number of H-pyrrole nitrogens is 1. The smallest absolute Gasteiger partial charge is 0.177 e. The van der Waals surface area contributed by atoms with Gasteiger partial charge in [-0.05, 0) is 32.5 Å². The Balaban J connectivity index is 2.90. The standard InChI is InChI=1S/C9H16N2S/c1-4-5-6-11-8(3)7(2)10-9(11)12/h4-6H2,1-3H3,(H,10,12). The average molecular weight is 184 g/mol. The predicted molar refractivity (Wildman–Crippen MR) is 54.0 cm³/mol. The molecular formula is C9H16N2S. The van der Waals surface area contributed by atoms with Gasteiger partial charge in [-0.25, -0.2) is 0 Å². The van der Waals surface area contributed by atoms with Gasteiger partial charge in [0.1, 0.15) is 0 Å². The summed E-state index contributed by atoms with van der Waals surface area (Å²) >= 11 is 5.18. The van der Waals surface area contributed by atoms with Crippen LogP contribution in [-0.4, -0.2) is 9.55 Å². The fraction of sp³-hybridized carbons (Fsp3) is 0.667. The lowest BCUT2D eigenvalue weighted by Crippen LogP contribution is -1.99. The summed E-state index contributed by atoms with van der Waals surface area (Å²) < 4.78 is 3.03. The Labute approximate surface area is 78.6 Å². The molecule has 0 bridgehead atoms. The minimum atomic E-state index is 0.860. The number of aryl methyl sites for hydroxylation is 1. The van der Waals surface area contributed by atoms with Crippen LogP contribution in [0.1, 0.15) is 31.2 Å². The van der Waals surface area contributed by atoms with Gasteiger partial charge in [0.05, 0.1) is 0 Å². The van der Waals surface area contributed by atoms with Crippen LogP contribution in [0.3, 0.4) is 0 Å². The minimum Gasteiger partial charge on any atom is -0.335 e. The van der Waals surface area contributed by atoms with Crippen LogP contribution in [0.4, 0.5) is 0 Å². The van der Waals surface area contributed by atoms with E-state index in [1.54, 1.807) is 0 Å². The van der Waals surface area contributed by atoms with Crippen LogP contribution in [0.2, 0.25) is 0 Å². The molecule has 0 aliphatic carbocycles. The topological polar surface area (TPSA) is 20.7 Å². The summed E-state index contributed by atoms with van der Waals surface area (Å²) in [5.41, 5.74) is 2.46. The van der Waals surface area contributed by atoms with Crippen molar-refractivity contribution >= 4 is 12.2 Å². The van der Waals surface area contributed by atoms with Crippen molar-refractivity contribution in [1.82, 2.24) is 9.55 Å².